The van der Waals surface area contributed by atoms with E-state index < -0.39 is 5.97 Å². The van der Waals surface area contributed by atoms with Crippen molar-refractivity contribution in [3.8, 4) is 5.69 Å². The number of hydrogen-bond acceptors (Lipinski definition) is 5. The molecule has 0 radical (unpaired) electrons. The Labute approximate surface area is 198 Å². The first-order valence-electron chi connectivity index (χ1n) is 11.1. The lowest BCUT2D eigenvalue weighted by Crippen LogP contribution is -2.14. The smallest absolute Gasteiger partial charge is 0.331 e. The Balaban J connectivity index is 1.63. The SMILES string of the molecule is COCCCn1c(C)cc(C(=O)COC(=O)/C=C/c2c(C)nn(-c3ccc(F)cc3)c2C)c1C. The molecule has 180 valence electrons. The number of ketones is 1. The van der Waals surface area contributed by atoms with Crippen LogP contribution in [0.1, 0.15) is 45.1 Å². The van der Waals surface area contributed by atoms with Crippen molar-refractivity contribution >= 4 is 17.8 Å². The standard InChI is InChI=1S/C26H30FN3O4/c1-17-15-24(19(3)29(17)13-6-14-33-5)25(31)16-34-26(32)12-11-23-18(2)28-30(20(23)4)22-9-7-21(27)8-10-22/h7-12,15H,6,13-14,16H2,1-5H3/b12-11+. The minimum absolute atomic E-state index is 0.246. The Kier molecular flexibility index (Phi) is 8.17. The molecule has 3 rings (SSSR count). The Morgan fingerprint density at radius 3 is 2.47 bits per heavy atom. The summed E-state index contributed by atoms with van der Waals surface area (Å²) in [4.78, 5) is 24.9. The summed E-state index contributed by atoms with van der Waals surface area (Å²) in [6.07, 6.45) is 3.75. The van der Waals surface area contributed by atoms with Gasteiger partial charge in [-0.2, -0.15) is 5.10 Å². The third-order valence-corrected chi connectivity index (χ3v) is 5.75. The predicted molar refractivity (Wildman–Crippen MR) is 128 cm³/mol. The molecule has 0 saturated heterocycles. The molecule has 3 aromatic rings. The summed E-state index contributed by atoms with van der Waals surface area (Å²) in [6.45, 7) is 8.58. The third kappa shape index (κ3) is 5.69. The van der Waals surface area contributed by atoms with Gasteiger partial charge in [0.25, 0.3) is 0 Å². The largest absolute Gasteiger partial charge is 0.454 e. The Hall–Kier alpha value is -3.52. The molecule has 0 saturated carbocycles. The van der Waals surface area contributed by atoms with Gasteiger partial charge in [-0.3, -0.25) is 4.79 Å². The number of Topliss-reactive ketones (excluding diaryl/α,β-unsaturated/α-hetero) is 1. The highest BCUT2D eigenvalue weighted by molar-refractivity contribution is 6.00. The molecular formula is C26H30FN3O4. The molecule has 0 unspecified atom stereocenters. The predicted octanol–water partition coefficient (Wildman–Crippen LogP) is 4.52. The molecule has 1 aromatic carbocycles. The Morgan fingerprint density at radius 1 is 1.09 bits per heavy atom. The Morgan fingerprint density at radius 2 is 1.79 bits per heavy atom. The molecule has 0 atom stereocenters. The number of rotatable bonds is 10. The second-order valence-electron chi connectivity index (χ2n) is 8.12. The van der Waals surface area contributed by atoms with Gasteiger partial charge in [-0.25, -0.2) is 13.9 Å². The number of aromatic nitrogens is 3. The van der Waals surface area contributed by atoms with E-state index in [1.165, 1.54) is 18.2 Å². The van der Waals surface area contributed by atoms with Crippen LogP contribution < -0.4 is 0 Å². The van der Waals surface area contributed by atoms with Crippen LogP contribution in [-0.4, -0.2) is 46.4 Å². The van der Waals surface area contributed by atoms with Crippen molar-refractivity contribution in [1.29, 1.82) is 0 Å². The molecule has 2 heterocycles. The van der Waals surface area contributed by atoms with Gasteiger partial charge in [-0.05, 0) is 70.5 Å². The minimum Gasteiger partial charge on any atom is -0.454 e. The van der Waals surface area contributed by atoms with Crippen LogP contribution in [0.4, 0.5) is 4.39 Å². The Bertz CT molecular complexity index is 1210. The lowest BCUT2D eigenvalue weighted by Gasteiger charge is -2.09. The van der Waals surface area contributed by atoms with Gasteiger partial charge >= 0.3 is 5.97 Å². The van der Waals surface area contributed by atoms with Crippen molar-refractivity contribution < 1.29 is 23.5 Å². The van der Waals surface area contributed by atoms with Crippen molar-refractivity contribution in [3.63, 3.8) is 0 Å². The van der Waals surface area contributed by atoms with Gasteiger partial charge in [0.05, 0.1) is 11.4 Å². The second-order valence-corrected chi connectivity index (χ2v) is 8.12. The number of benzene rings is 1. The number of halogens is 1. The number of ether oxygens (including phenoxy) is 2. The molecule has 0 aliphatic rings. The maximum atomic E-state index is 13.2. The van der Waals surface area contributed by atoms with Crippen LogP contribution >= 0.6 is 0 Å². The fourth-order valence-corrected chi connectivity index (χ4v) is 3.94. The van der Waals surface area contributed by atoms with Crippen molar-refractivity contribution in [1.82, 2.24) is 14.3 Å². The average Bonchev–Trinajstić information content (AvgIpc) is 3.26. The van der Waals surface area contributed by atoms with Gasteiger partial charge in [-0.15, -0.1) is 0 Å². The summed E-state index contributed by atoms with van der Waals surface area (Å²) >= 11 is 0. The highest BCUT2D eigenvalue weighted by Gasteiger charge is 2.17. The summed E-state index contributed by atoms with van der Waals surface area (Å²) < 4.78 is 27.3. The maximum Gasteiger partial charge on any atom is 0.331 e. The molecule has 0 aliphatic heterocycles. The van der Waals surface area contributed by atoms with Crippen molar-refractivity contribution in [2.45, 2.75) is 40.7 Å². The molecule has 7 nitrogen and oxygen atoms in total. The molecule has 0 N–H and O–H groups in total. The first-order valence-corrected chi connectivity index (χ1v) is 11.1. The number of carbonyl (C=O) groups excluding carboxylic acids is 2. The molecule has 0 fully saturated rings. The normalized spacial score (nSPS) is 11.4. The zero-order valence-electron chi connectivity index (χ0n) is 20.2. The number of nitrogens with zero attached hydrogens (tertiary/aromatic N) is 3. The van der Waals surface area contributed by atoms with Crippen LogP contribution in [0.15, 0.2) is 36.4 Å². The molecular weight excluding hydrogens is 437 g/mol. The van der Waals surface area contributed by atoms with Crippen LogP contribution in [0.2, 0.25) is 0 Å². The van der Waals surface area contributed by atoms with Crippen molar-refractivity contribution in [2.75, 3.05) is 20.3 Å². The fraction of sp³-hybridized carbons (Fsp3) is 0.346. The lowest BCUT2D eigenvalue weighted by atomic mass is 10.1. The van der Waals surface area contributed by atoms with E-state index in [0.717, 1.165) is 41.3 Å². The summed E-state index contributed by atoms with van der Waals surface area (Å²) in [7, 11) is 1.66. The second kappa shape index (κ2) is 11.1. The van der Waals surface area contributed by atoms with Crippen molar-refractivity contribution in [3.05, 3.63) is 76.1 Å². The van der Waals surface area contributed by atoms with Crippen molar-refractivity contribution in [2.24, 2.45) is 0 Å². The zero-order valence-corrected chi connectivity index (χ0v) is 20.2. The van der Waals surface area contributed by atoms with Crippen LogP contribution in [0.25, 0.3) is 11.8 Å². The third-order valence-electron chi connectivity index (χ3n) is 5.75. The molecule has 34 heavy (non-hydrogen) atoms. The van der Waals surface area contributed by atoms with Gasteiger partial charge in [-0.1, -0.05) is 0 Å². The van der Waals surface area contributed by atoms with Gasteiger partial charge in [0.15, 0.2) is 6.61 Å². The summed E-state index contributed by atoms with van der Waals surface area (Å²) in [6, 6.07) is 7.83. The number of esters is 1. The van der Waals surface area contributed by atoms with E-state index in [4.69, 9.17) is 9.47 Å². The number of methoxy groups -OCH3 is 1. The van der Waals surface area contributed by atoms with Gasteiger partial charge in [0, 0.05) is 54.5 Å². The molecule has 8 heteroatoms. The fourth-order valence-electron chi connectivity index (χ4n) is 3.94. The van der Waals surface area contributed by atoms with Gasteiger partial charge < -0.3 is 14.0 Å². The van der Waals surface area contributed by atoms with E-state index in [9.17, 15) is 14.0 Å². The first kappa shape index (κ1) is 25.1. The van der Waals surface area contributed by atoms with Crippen LogP contribution in [0, 0.1) is 33.5 Å². The van der Waals surface area contributed by atoms with Crippen LogP contribution in [-0.2, 0) is 20.8 Å². The van der Waals surface area contributed by atoms with E-state index in [1.807, 2.05) is 33.8 Å². The number of hydrogen-bond donors (Lipinski definition) is 0. The average molecular weight is 468 g/mol. The van der Waals surface area contributed by atoms with E-state index >= 15 is 0 Å². The number of carbonyl (C=O) groups is 2. The van der Waals surface area contributed by atoms with E-state index in [2.05, 4.69) is 9.67 Å². The monoisotopic (exact) mass is 467 g/mol. The van der Waals surface area contributed by atoms with Crippen LogP contribution in [0.3, 0.4) is 0 Å². The highest BCUT2D eigenvalue weighted by atomic mass is 19.1. The quantitative estimate of drug-likeness (QED) is 0.190. The molecule has 0 bridgehead atoms. The molecule has 0 aliphatic carbocycles. The van der Waals surface area contributed by atoms with E-state index in [-0.39, 0.29) is 18.2 Å². The van der Waals surface area contributed by atoms with Gasteiger partial charge in [0.2, 0.25) is 5.78 Å². The number of aryl methyl sites for hydroxylation is 2. The maximum absolute atomic E-state index is 13.2. The van der Waals surface area contributed by atoms with E-state index in [1.54, 1.807) is 30.0 Å². The minimum atomic E-state index is -0.615. The molecule has 0 spiro atoms. The van der Waals surface area contributed by atoms with Crippen LogP contribution in [0.5, 0.6) is 0 Å². The summed E-state index contributed by atoms with van der Waals surface area (Å²) in [5.74, 6) is -1.18. The highest BCUT2D eigenvalue weighted by Crippen LogP contribution is 2.20. The topological polar surface area (TPSA) is 75.3 Å². The molecule has 2 aromatic heterocycles. The zero-order chi connectivity index (χ0) is 24.8. The summed E-state index contributed by atoms with van der Waals surface area (Å²) in [5, 5.41) is 4.48. The first-order chi connectivity index (χ1) is 16.2. The van der Waals surface area contributed by atoms with Gasteiger partial charge in [0.1, 0.15) is 5.82 Å². The van der Waals surface area contributed by atoms with E-state index in [0.29, 0.717) is 17.9 Å². The lowest BCUT2D eigenvalue weighted by molar-refractivity contribution is -0.136. The molecule has 0 amide bonds. The summed E-state index contributed by atoms with van der Waals surface area (Å²) in [5.41, 5.74) is 5.37.